The smallest absolute Gasteiger partial charge is 0.0850 e. The van der Waals surface area contributed by atoms with Crippen molar-refractivity contribution in [3.8, 4) is 0 Å². The first-order valence-electron chi connectivity index (χ1n) is 6.16. The average molecular weight is 307 g/mol. The molecule has 0 aliphatic carbocycles. The second-order valence-electron chi connectivity index (χ2n) is 5.77. The van der Waals surface area contributed by atoms with Crippen molar-refractivity contribution in [2.75, 3.05) is 0 Å². The molecule has 1 unspecified atom stereocenters. The Hall–Kier alpha value is -0.930. The van der Waals surface area contributed by atoms with Crippen LogP contribution in [0.5, 0.6) is 0 Å². The molecule has 0 radical (unpaired) electrons. The number of pyridine rings is 1. The number of nitrogens with two attached hydrogens (primary N) is 1. The van der Waals surface area contributed by atoms with Gasteiger partial charge in [-0.1, -0.05) is 32.9 Å². The second kappa shape index (κ2) is 4.63. The molecule has 0 saturated carbocycles. The standard InChI is InChI=1S/C15H19BrN2/c1-9(17)11-8-13(15(2,3)4)18-14-10(11)6-5-7-12(14)16/h5-9H,17H2,1-4H3. The lowest BCUT2D eigenvalue weighted by molar-refractivity contribution is 0.569. The van der Waals surface area contributed by atoms with Crippen molar-refractivity contribution >= 4 is 26.8 Å². The van der Waals surface area contributed by atoms with E-state index in [0.717, 1.165) is 26.6 Å². The summed E-state index contributed by atoms with van der Waals surface area (Å²) in [6.07, 6.45) is 0. The Bertz CT molecular complexity index is 583. The molecule has 2 nitrogen and oxygen atoms in total. The van der Waals surface area contributed by atoms with Gasteiger partial charge in [-0.15, -0.1) is 0 Å². The lowest BCUT2D eigenvalue weighted by Gasteiger charge is -2.21. The van der Waals surface area contributed by atoms with E-state index < -0.39 is 0 Å². The maximum atomic E-state index is 6.10. The lowest BCUT2D eigenvalue weighted by Crippen LogP contribution is -2.16. The molecule has 0 fully saturated rings. The molecule has 0 amide bonds. The molecule has 1 aromatic heterocycles. The third-order valence-electron chi connectivity index (χ3n) is 3.08. The molecular formula is C15H19BrN2. The van der Waals surface area contributed by atoms with E-state index in [0.29, 0.717) is 0 Å². The van der Waals surface area contributed by atoms with Crippen LogP contribution < -0.4 is 5.73 Å². The van der Waals surface area contributed by atoms with Gasteiger partial charge in [-0.05, 0) is 40.5 Å². The summed E-state index contributed by atoms with van der Waals surface area (Å²) in [6, 6.07) is 8.27. The molecular weight excluding hydrogens is 288 g/mol. The minimum absolute atomic E-state index is 0.00546. The van der Waals surface area contributed by atoms with Crippen LogP contribution in [-0.2, 0) is 5.41 Å². The fourth-order valence-corrected chi connectivity index (χ4v) is 2.46. The zero-order chi connectivity index (χ0) is 13.5. The van der Waals surface area contributed by atoms with Gasteiger partial charge in [0.05, 0.1) is 5.52 Å². The molecule has 2 N–H and O–H groups in total. The fourth-order valence-electron chi connectivity index (χ4n) is 2.00. The second-order valence-corrected chi connectivity index (χ2v) is 6.63. The highest BCUT2D eigenvalue weighted by molar-refractivity contribution is 9.10. The topological polar surface area (TPSA) is 38.9 Å². The molecule has 0 bridgehead atoms. The van der Waals surface area contributed by atoms with Crippen LogP contribution in [-0.4, -0.2) is 4.98 Å². The van der Waals surface area contributed by atoms with E-state index in [-0.39, 0.29) is 11.5 Å². The molecule has 0 saturated heterocycles. The number of para-hydroxylation sites is 1. The molecule has 2 aromatic rings. The van der Waals surface area contributed by atoms with Gasteiger partial charge >= 0.3 is 0 Å². The Morgan fingerprint density at radius 2 is 1.94 bits per heavy atom. The number of benzene rings is 1. The van der Waals surface area contributed by atoms with Gasteiger partial charge in [0.2, 0.25) is 0 Å². The summed E-state index contributed by atoms with van der Waals surface area (Å²) >= 11 is 3.58. The van der Waals surface area contributed by atoms with E-state index in [1.165, 1.54) is 0 Å². The van der Waals surface area contributed by atoms with Gasteiger partial charge < -0.3 is 5.73 Å². The Kier molecular flexibility index (Phi) is 3.47. The Balaban J connectivity index is 2.84. The van der Waals surface area contributed by atoms with Gasteiger partial charge in [0.1, 0.15) is 0 Å². The van der Waals surface area contributed by atoms with E-state index in [9.17, 15) is 0 Å². The summed E-state index contributed by atoms with van der Waals surface area (Å²) < 4.78 is 1.02. The van der Waals surface area contributed by atoms with Crippen molar-refractivity contribution in [1.29, 1.82) is 0 Å². The highest BCUT2D eigenvalue weighted by atomic mass is 79.9. The molecule has 2 rings (SSSR count). The highest BCUT2D eigenvalue weighted by Gasteiger charge is 2.19. The number of fused-ring (bicyclic) bond motifs is 1. The SMILES string of the molecule is CC(N)c1cc(C(C)(C)C)nc2c(Br)cccc12. The van der Waals surface area contributed by atoms with Gasteiger partial charge in [0.25, 0.3) is 0 Å². The fraction of sp³-hybridized carbons (Fsp3) is 0.400. The number of nitrogens with zero attached hydrogens (tertiary/aromatic N) is 1. The van der Waals surface area contributed by atoms with E-state index in [2.05, 4.69) is 48.8 Å². The molecule has 1 atom stereocenters. The van der Waals surface area contributed by atoms with Crippen molar-refractivity contribution in [3.05, 3.63) is 40.0 Å². The molecule has 0 spiro atoms. The van der Waals surface area contributed by atoms with Crippen molar-refractivity contribution in [2.24, 2.45) is 5.73 Å². The van der Waals surface area contributed by atoms with E-state index in [1.54, 1.807) is 0 Å². The molecule has 96 valence electrons. The number of halogens is 1. The van der Waals surface area contributed by atoms with Crippen molar-refractivity contribution < 1.29 is 0 Å². The Morgan fingerprint density at radius 3 is 2.50 bits per heavy atom. The molecule has 0 aliphatic rings. The summed E-state index contributed by atoms with van der Waals surface area (Å²) in [6.45, 7) is 8.52. The van der Waals surface area contributed by atoms with Crippen LogP contribution in [0.3, 0.4) is 0 Å². The van der Waals surface area contributed by atoms with Crippen LogP contribution in [0.1, 0.15) is 45.0 Å². The van der Waals surface area contributed by atoms with E-state index in [4.69, 9.17) is 10.7 Å². The molecule has 1 heterocycles. The third kappa shape index (κ3) is 2.43. The third-order valence-corrected chi connectivity index (χ3v) is 3.72. The maximum Gasteiger partial charge on any atom is 0.0850 e. The zero-order valence-electron chi connectivity index (χ0n) is 11.3. The van der Waals surface area contributed by atoms with Crippen molar-refractivity contribution in [1.82, 2.24) is 4.98 Å². The summed E-state index contributed by atoms with van der Waals surface area (Å²) in [5.74, 6) is 0. The predicted molar refractivity (Wildman–Crippen MR) is 80.7 cm³/mol. The predicted octanol–water partition coefficient (Wildman–Crippen LogP) is 4.31. The maximum absolute atomic E-state index is 6.10. The molecule has 18 heavy (non-hydrogen) atoms. The van der Waals surface area contributed by atoms with Crippen molar-refractivity contribution in [2.45, 2.75) is 39.2 Å². The number of hydrogen-bond donors (Lipinski definition) is 1. The van der Waals surface area contributed by atoms with Gasteiger partial charge in [-0.25, -0.2) is 0 Å². The summed E-state index contributed by atoms with van der Waals surface area (Å²) in [5.41, 5.74) is 9.35. The van der Waals surface area contributed by atoms with Crippen LogP contribution in [0.4, 0.5) is 0 Å². The largest absolute Gasteiger partial charge is 0.324 e. The van der Waals surface area contributed by atoms with E-state index >= 15 is 0 Å². The van der Waals surface area contributed by atoms with Crippen LogP contribution in [0.15, 0.2) is 28.7 Å². The number of aromatic nitrogens is 1. The van der Waals surface area contributed by atoms with Crippen LogP contribution in [0.25, 0.3) is 10.9 Å². The van der Waals surface area contributed by atoms with Gasteiger partial charge in [0, 0.05) is 27.0 Å². The van der Waals surface area contributed by atoms with Crippen LogP contribution in [0, 0.1) is 0 Å². The lowest BCUT2D eigenvalue weighted by atomic mass is 9.89. The van der Waals surface area contributed by atoms with E-state index in [1.807, 2.05) is 19.1 Å². The quantitative estimate of drug-likeness (QED) is 0.852. The van der Waals surface area contributed by atoms with Crippen LogP contribution in [0.2, 0.25) is 0 Å². The normalized spacial score (nSPS) is 13.9. The van der Waals surface area contributed by atoms with Gasteiger partial charge in [-0.3, -0.25) is 4.98 Å². The summed E-state index contributed by atoms with van der Waals surface area (Å²) in [7, 11) is 0. The first-order chi connectivity index (χ1) is 8.30. The molecule has 3 heteroatoms. The minimum Gasteiger partial charge on any atom is -0.324 e. The number of hydrogen-bond acceptors (Lipinski definition) is 2. The minimum atomic E-state index is 0.00546. The van der Waals surface area contributed by atoms with Crippen molar-refractivity contribution in [3.63, 3.8) is 0 Å². The Morgan fingerprint density at radius 1 is 1.28 bits per heavy atom. The molecule has 1 aromatic carbocycles. The molecule has 0 aliphatic heterocycles. The summed E-state index contributed by atoms with van der Waals surface area (Å²) in [4.78, 5) is 4.79. The first kappa shape index (κ1) is 13.5. The first-order valence-corrected chi connectivity index (χ1v) is 6.95. The Labute approximate surface area is 117 Å². The monoisotopic (exact) mass is 306 g/mol. The summed E-state index contributed by atoms with van der Waals surface area (Å²) in [5, 5.41) is 1.13. The van der Waals surface area contributed by atoms with Crippen LogP contribution >= 0.6 is 15.9 Å². The average Bonchev–Trinajstić information content (AvgIpc) is 2.27. The van der Waals surface area contributed by atoms with Gasteiger partial charge in [-0.2, -0.15) is 0 Å². The number of rotatable bonds is 1. The van der Waals surface area contributed by atoms with Gasteiger partial charge in [0.15, 0.2) is 0 Å². The zero-order valence-corrected chi connectivity index (χ0v) is 12.9. The highest BCUT2D eigenvalue weighted by Crippen LogP contribution is 2.31.